The smallest absolute Gasteiger partial charge is 0.127 e. The fraction of sp³-hybridized carbons (Fsp3) is 0.294. The van der Waals surface area contributed by atoms with Crippen LogP contribution in [0.4, 0.5) is 4.39 Å². The SMILES string of the molecule is Cc1ccc(C(CBr)(CBr)Cc2ccc(Br)cc2F)cc1. The van der Waals surface area contributed by atoms with E-state index in [9.17, 15) is 4.39 Å². The highest BCUT2D eigenvalue weighted by molar-refractivity contribution is 9.10. The number of benzene rings is 2. The number of hydrogen-bond acceptors (Lipinski definition) is 0. The summed E-state index contributed by atoms with van der Waals surface area (Å²) in [5, 5.41) is 1.54. The van der Waals surface area contributed by atoms with Gasteiger partial charge in [-0.15, -0.1) is 0 Å². The minimum absolute atomic E-state index is 0.164. The first-order chi connectivity index (χ1) is 10.0. The third kappa shape index (κ3) is 3.96. The first-order valence-corrected chi connectivity index (χ1v) is 9.67. The maximum Gasteiger partial charge on any atom is 0.127 e. The van der Waals surface area contributed by atoms with Crippen molar-refractivity contribution >= 4 is 47.8 Å². The van der Waals surface area contributed by atoms with Gasteiger partial charge < -0.3 is 0 Å². The molecule has 0 N–H and O–H groups in total. The highest BCUT2D eigenvalue weighted by Gasteiger charge is 2.31. The van der Waals surface area contributed by atoms with E-state index in [0.717, 1.165) is 20.7 Å². The van der Waals surface area contributed by atoms with Gasteiger partial charge in [-0.2, -0.15) is 0 Å². The average Bonchev–Trinajstić information content (AvgIpc) is 2.48. The molecule has 4 heteroatoms. The lowest BCUT2D eigenvalue weighted by atomic mass is 9.79. The number of rotatable bonds is 5. The van der Waals surface area contributed by atoms with Crippen molar-refractivity contribution in [2.24, 2.45) is 0 Å². The van der Waals surface area contributed by atoms with Gasteiger partial charge >= 0.3 is 0 Å². The van der Waals surface area contributed by atoms with Crippen LogP contribution in [0, 0.1) is 12.7 Å². The molecule has 112 valence electrons. The summed E-state index contributed by atoms with van der Waals surface area (Å²) >= 11 is 10.6. The van der Waals surface area contributed by atoms with E-state index in [0.29, 0.717) is 6.42 Å². The van der Waals surface area contributed by atoms with Crippen molar-refractivity contribution in [2.75, 3.05) is 10.7 Å². The minimum atomic E-state index is -0.164. The summed E-state index contributed by atoms with van der Waals surface area (Å²) in [5.74, 6) is -0.164. The summed E-state index contributed by atoms with van der Waals surface area (Å²) in [4.78, 5) is 0. The fourth-order valence-electron chi connectivity index (χ4n) is 2.32. The first kappa shape index (κ1) is 17.2. The second-order valence-corrected chi connectivity index (χ2v) is 7.36. The molecule has 0 amide bonds. The Labute approximate surface area is 150 Å². The van der Waals surface area contributed by atoms with Crippen molar-refractivity contribution in [1.82, 2.24) is 0 Å². The van der Waals surface area contributed by atoms with Crippen LogP contribution in [0.2, 0.25) is 0 Å². The van der Waals surface area contributed by atoms with Gasteiger partial charge in [-0.3, -0.25) is 0 Å². The maximum absolute atomic E-state index is 14.2. The monoisotopic (exact) mass is 476 g/mol. The summed E-state index contributed by atoms with van der Waals surface area (Å²) in [7, 11) is 0. The Bertz CT molecular complexity index is 604. The summed E-state index contributed by atoms with van der Waals surface area (Å²) < 4.78 is 14.9. The molecule has 0 nitrogen and oxygen atoms in total. The van der Waals surface area contributed by atoms with Gasteiger partial charge in [0.05, 0.1) is 0 Å². The zero-order chi connectivity index (χ0) is 15.5. The van der Waals surface area contributed by atoms with Crippen LogP contribution >= 0.6 is 47.8 Å². The minimum Gasteiger partial charge on any atom is -0.207 e. The molecule has 2 aromatic rings. The number of aryl methyl sites for hydroxylation is 1. The summed E-state index contributed by atoms with van der Waals surface area (Å²) in [6.45, 7) is 2.07. The molecule has 0 aliphatic carbocycles. The van der Waals surface area contributed by atoms with E-state index >= 15 is 0 Å². The van der Waals surface area contributed by atoms with Gasteiger partial charge in [0, 0.05) is 20.5 Å². The van der Waals surface area contributed by atoms with Crippen molar-refractivity contribution in [1.29, 1.82) is 0 Å². The molecule has 2 rings (SSSR count). The molecule has 0 saturated heterocycles. The molecule has 0 heterocycles. The maximum atomic E-state index is 14.2. The molecule has 0 aromatic heterocycles. The quantitative estimate of drug-likeness (QED) is 0.451. The normalized spacial score (nSPS) is 11.7. The molecule has 0 spiro atoms. The second kappa shape index (κ2) is 7.38. The highest BCUT2D eigenvalue weighted by atomic mass is 79.9. The van der Waals surface area contributed by atoms with Crippen molar-refractivity contribution in [3.63, 3.8) is 0 Å². The van der Waals surface area contributed by atoms with E-state index in [4.69, 9.17) is 0 Å². The molecule has 0 radical (unpaired) electrons. The van der Waals surface area contributed by atoms with Crippen molar-refractivity contribution in [2.45, 2.75) is 18.8 Å². The summed E-state index contributed by atoms with van der Waals surface area (Å²) in [6.07, 6.45) is 0.645. The molecular weight excluding hydrogens is 463 g/mol. The van der Waals surface area contributed by atoms with Crippen LogP contribution in [-0.2, 0) is 11.8 Å². The van der Waals surface area contributed by atoms with Gasteiger partial charge in [0.25, 0.3) is 0 Å². The molecule has 0 aliphatic heterocycles. The van der Waals surface area contributed by atoms with Crippen LogP contribution in [-0.4, -0.2) is 10.7 Å². The van der Waals surface area contributed by atoms with Crippen LogP contribution < -0.4 is 0 Å². The summed E-state index contributed by atoms with van der Waals surface area (Å²) in [5.41, 5.74) is 3.01. The van der Waals surface area contributed by atoms with Crippen LogP contribution in [0.3, 0.4) is 0 Å². The Morgan fingerprint density at radius 2 is 1.62 bits per heavy atom. The van der Waals surface area contributed by atoms with E-state index < -0.39 is 0 Å². The lowest BCUT2D eigenvalue weighted by Crippen LogP contribution is -2.33. The third-order valence-electron chi connectivity index (χ3n) is 3.72. The van der Waals surface area contributed by atoms with Gasteiger partial charge in [0.2, 0.25) is 0 Å². The molecular formula is C17H16Br3F. The number of hydrogen-bond donors (Lipinski definition) is 0. The van der Waals surface area contributed by atoms with Gasteiger partial charge in [0.15, 0.2) is 0 Å². The van der Waals surface area contributed by atoms with E-state index in [1.807, 2.05) is 12.1 Å². The van der Waals surface area contributed by atoms with E-state index in [2.05, 4.69) is 79.0 Å². The molecule has 0 unspecified atom stereocenters. The third-order valence-corrected chi connectivity index (χ3v) is 6.36. The van der Waals surface area contributed by atoms with Crippen molar-refractivity contribution in [3.05, 3.63) is 69.4 Å². The highest BCUT2D eigenvalue weighted by Crippen LogP contribution is 2.34. The second-order valence-electron chi connectivity index (χ2n) is 5.33. The fourth-order valence-corrected chi connectivity index (χ4v) is 4.63. The summed E-state index contributed by atoms with van der Waals surface area (Å²) in [6, 6.07) is 13.7. The van der Waals surface area contributed by atoms with Crippen LogP contribution in [0.15, 0.2) is 46.9 Å². The molecule has 2 aromatic carbocycles. The molecule has 0 aliphatic rings. The lowest BCUT2D eigenvalue weighted by Gasteiger charge is -2.31. The van der Waals surface area contributed by atoms with Gasteiger partial charge in [-0.1, -0.05) is 83.7 Å². The molecule has 21 heavy (non-hydrogen) atoms. The van der Waals surface area contributed by atoms with Gasteiger partial charge in [-0.05, 0) is 36.6 Å². The van der Waals surface area contributed by atoms with Crippen LogP contribution in [0.5, 0.6) is 0 Å². The Hall–Kier alpha value is -0.190. The molecule has 0 bridgehead atoms. The molecule has 0 fully saturated rings. The lowest BCUT2D eigenvalue weighted by molar-refractivity contribution is 0.522. The van der Waals surface area contributed by atoms with Crippen LogP contribution in [0.25, 0.3) is 0 Å². The first-order valence-electron chi connectivity index (χ1n) is 6.64. The average molecular weight is 479 g/mol. The molecule has 0 atom stereocenters. The Kier molecular flexibility index (Phi) is 6.04. The van der Waals surface area contributed by atoms with Gasteiger partial charge in [0.1, 0.15) is 5.82 Å². The van der Waals surface area contributed by atoms with E-state index in [1.165, 1.54) is 17.2 Å². The zero-order valence-corrected chi connectivity index (χ0v) is 16.4. The van der Waals surface area contributed by atoms with Crippen molar-refractivity contribution < 1.29 is 4.39 Å². The predicted molar refractivity (Wildman–Crippen MR) is 98.2 cm³/mol. The topological polar surface area (TPSA) is 0 Å². The Balaban J connectivity index is 2.40. The van der Waals surface area contributed by atoms with Gasteiger partial charge in [-0.25, -0.2) is 4.39 Å². The molecule has 0 saturated carbocycles. The van der Waals surface area contributed by atoms with E-state index in [1.54, 1.807) is 0 Å². The largest absolute Gasteiger partial charge is 0.207 e. The Morgan fingerprint density at radius 3 is 2.14 bits per heavy atom. The number of alkyl halides is 2. The van der Waals surface area contributed by atoms with Crippen molar-refractivity contribution in [3.8, 4) is 0 Å². The number of halogens is 4. The van der Waals surface area contributed by atoms with E-state index in [-0.39, 0.29) is 11.2 Å². The Morgan fingerprint density at radius 1 is 1.00 bits per heavy atom. The predicted octanol–water partition coefficient (Wildman–Crippen LogP) is 6.17. The zero-order valence-electron chi connectivity index (χ0n) is 11.7. The standard InChI is InChI=1S/C17H16Br3F/c1-12-2-5-14(6-3-12)17(10-18,11-19)9-13-4-7-15(20)8-16(13)21/h2-8H,9-11H2,1H3. The van der Waals surface area contributed by atoms with Crippen LogP contribution in [0.1, 0.15) is 16.7 Å².